The van der Waals surface area contributed by atoms with Crippen LogP contribution in [0.3, 0.4) is 0 Å². The van der Waals surface area contributed by atoms with Gasteiger partial charge in [0.05, 0.1) is 10.5 Å². The summed E-state index contributed by atoms with van der Waals surface area (Å²) in [6.07, 6.45) is 3.06. The Hall–Kier alpha value is -2.75. The normalized spacial score (nSPS) is 23.1. The number of rotatable bonds is 3. The van der Waals surface area contributed by atoms with Gasteiger partial charge in [0.1, 0.15) is 5.75 Å². The molecule has 1 aliphatic carbocycles. The van der Waals surface area contributed by atoms with E-state index in [0.29, 0.717) is 11.7 Å². The van der Waals surface area contributed by atoms with E-state index in [-0.39, 0.29) is 5.41 Å². The van der Waals surface area contributed by atoms with Gasteiger partial charge < -0.3 is 10.1 Å². The molecule has 6 rings (SSSR count). The van der Waals surface area contributed by atoms with Gasteiger partial charge in [0.25, 0.3) is 0 Å². The van der Waals surface area contributed by atoms with Gasteiger partial charge in [-0.05, 0) is 66.6 Å². The standard InChI is InChI=1S/C28H27ClN2O/c29-25-11-5-10-23-24-15-21-18-31(17-19-6-2-1-3-7-19)13-12-28(21,16-26(24)30-27(23)25)20-8-4-9-22(32)14-20/h1-11,14,21,30,32H,12-13,15-18H2/t21?,28-/m0/s1. The highest BCUT2D eigenvalue weighted by Gasteiger charge is 2.48. The second kappa shape index (κ2) is 7.68. The van der Waals surface area contributed by atoms with E-state index in [2.05, 4.69) is 58.4 Å². The van der Waals surface area contributed by atoms with Crippen LogP contribution in [-0.2, 0) is 24.8 Å². The number of aromatic amines is 1. The quantitative estimate of drug-likeness (QED) is 0.403. The fourth-order valence-electron chi connectivity index (χ4n) is 6.15. The summed E-state index contributed by atoms with van der Waals surface area (Å²) < 4.78 is 0. The number of fused-ring (bicyclic) bond motifs is 4. The van der Waals surface area contributed by atoms with E-state index in [1.54, 1.807) is 6.07 Å². The number of piperidine rings is 1. The first kappa shape index (κ1) is 19.9. The number of nitrogens with one attached hydrogen (secondary N) is 1. The summed E-state index contributed by atoms with van der Waals surface area (Å²) in [6.45, 7) is 3.09. The zero-order valence-electron chi connectivity index (χ0n) is 18.0. The third-order valence-electron chi connectivity index (χ3n) is 7.73. The third-order valence-corrected chi connectivity index (χ3v) is 8.04. The van der Waals surface area contributed by atoms with E-state index < -0.39 is 0 Å². The minimum atomic E-state index is 0.0201. The molecule has 0 amide bonds. The van der Waals surface area contributed by atoms with Crippen LogP contribution >= 0.6 is 11.6 Å². The molecule has 162 valence electrons. The van der Waals surface area contributed by atoms with Gasteiger partial charge in [-0.15, -0.1) is 0 Å². The SMILES string of the molecule is Oc1cccc([C@@]23CCN(Cc4ccccc4)CC2Cc2c([nH]c4c(Cl)cccc24)C3)c1. The predicted molar refractivity (Wildman–Crippen MR) is 130 cm³/mol. The van der Waals surface area contributed by atoms with Crippen molar-refractivity contribution in [1.29, 1.82) is 0 Å². The van der Waals surface area contributed by atoms with Crippen LogP contribution in [0.15, 0.2) is 72.8 Å². The number of halogens is 1. The fourth-order valence-corrected chi connectivity index (χ4v) is 6.37. The van der Waals surface area contributed by atoms with Crippen LogP contribution in [0.25, 0.3) is 10.9 Å². The maximum atomic E-state index is 10.3. The number of phenolic OH excluding ortho intramolecular Hbond substituents is 1. The zero-order valence-corrected chi connectivity index (χ0v) is 18.8. The zero-order chi connectivity index (χ0) is 21.7. The minimum Gasteiger partial charge on any atom is -0.508 e. The number of benzene rings is 3. The summed E-state index contributed by atoms with van der Waals surface area (Å²) in [5, 5.41) is 12.3. The molecule has 0 radical (unpaired) electrons. The molecule has 4 heteroatoms. The van der Waals surface area contributed by atoms with E-state index in [1.165, 1.54) is 27.8 Å². The van der Waals surface area contributed by atoms with E-state index in [0.717, 1.165) is 49.4 Å². The van der Waals surface area contributed by atoms with Crippen molar-refractivity contribution < 1.29 is 5.11 Å². The molecule has 4 aromatic rings. The second-order valence-corrected chi connectivity index (χ2v) is 9.91. The summed E-state index contributed by atoms with van der Waals surface area (Å²) in [6, 6.07) is 24.9. The summed E-state index contributed by atoms with van der Waals surface area (Å²) in [4.78, 5) is 6.27. The number of likely N-dealkylation sites (tertiary alicyclic amines) is 1. The molecule has 0 spiro atoms. The van der Waals surface area contributed by atoms with Crippen molar-refractivity contribution in [3.05, 3.63) is 100 Å². The Labute approximate surface area is 193 Å². The Kier molecular flexibility index (Phi) is 4.78. The lowest BCUT2D eigenvalue weighted by molar-refractivity contribution is 0.0765. The second-order valence-electron chi connectivity index (χ2n) is 9.50. The largest absolute Gasteiger partial charge is 0.508 e. The van der Waals surface area contributed by atoms with E-state index >= 15 is 0 Å². The Balaban J connectivity index is 1.42. The van der Waals surface area contributed by atoms with Crippen LogP contribution in [0, 0.1) is 5.92 Å². The van der Waals surface area contributed by atoms with Crippen molar-refractivity contribution in [3.63, 3.8) is 0 Å². The maximum Gasteiger partial charge on any atom is 0.115 e. The van der Waals surface area contributed by atoms with Gasteiger partial charge in [-0.3, -0.25) is 4.90 Å². The molecule has 2 heterocycles. The van der Waals surface area contributed by atoms with Gasteiger partial charge >= 0.3 is 0 Å². The van der Waals surface area contributed by atoms with Gasteiger partial charge in [-0.25, -0.2) is 0 Å². The minimum absolute atomic E-state index is 0.0201. The van der Waals surface area contributed by atoms with Crippen molar-refractivity contribution in [2.45, 2.75) is 31.2 Å². The van der Waals surface area contributed by atoms with Crippen LogP contribution in [0.5, 0.6) is 5.75 Å². The Morgan fingerprint density at radius 1 is 1.03 bits per heavy atom. The highest BCUT2D eigenvalue weighted by molar-refractivity contribution is 6.35. The number of aromatic nitrogens is 1. The molecule has 0 saturated carbocycles. The van der Waals surface area contributed by atoms with Crippen molar-refractivity contribution in [1.82, 2.24) is 9.88 Å². The van der Waals surface area contributed by atoms with E-state index in [1.807, 2.05) is 18.2 Å². The van der Waals surface area contributed by atoms with Crippen molar-refractivity contribution in [2.75, 3.05) is 13.1 Å². The molecule has 3 aromatic carbocycles. The van der Waals surface area contributed by atoms with Crippen molar-refractivity contribution in [2.24, 2.45) is 5.92 Å². The first-order valence-electron chi connectivity index (χ1n) is 11.5. The molecule has 1 aliphatic heterocycles. The molecular weight excluding hydrogens is 416 g/mol. The predicted octanol–water partition coefficient (Wildman–Crippen LogP) is 6.09. The van der Waals surface area contributed by atoms with E-state index in [4.69, 9.17) is 11.6 Å². The lowest BCUT2D eigenvalue weighted by Gasteiger charge is -2.51. The number of para-hydroxylation sites is 1. The van der Waals surface area contributed by atoms with Crippen molar-refractivity contribution in [3.8, 4) is 5.75 Å². The van der Waals surface area contributed by atoms with Crippen LogP contribution in [0.4, 0.5) is 0 Å². The molecule has 2 N–H and O–H groups in total. The molecule has 1 unspecified atom stereocenters. The molecule has 0 bridgehead atoms. The summed E-state index contributed by atoms with van der Waals surface area (Å²) in [5.74, 6) is 0.833. The number of hydrogen-bond donors (Lipinski definition) is 2. The van der Waals surface area contributed by atoms with Crippen LogP contribution in [0.1, 0.15) is 28.8 Å². The summed E-state index contributed by atoms with van der Waals surface area (Å²) in [7, 11) is 0. The number of phenols is 1. The molecule has 3 nitrogen and oxygen atoms in total. The topological polar surface area (TPSA) is 39.3 Å². The van der Waals surface area contributed by atoms with Crippen LogP contribution < -0.4 is 0 Å². The van der Waals surface area contributed by atoms with Gasteiger partial charge in [0, 0.05) is 29.6 Å². The van der Waals surface area contributed by atoms with Gasteiger partial charge in [0.15, 0.2) is 0 Å². The average Bonchev–Trinajstić information content (AvgIpc) is 3.17. The van der Waals surface area contributed by atoms with E-state index in [9.17, 15) is 5.11 Å². The number of H-pyrrole nitrogens is 1. The maximum absolute atomic E-state index is 10.3. The van der Waals surface area contributed by atoms with Gasteiger partial charge in [-0.2, -0.15) is 0 Å². The summed E-state index contributed by atoms with van der Waals surface area (Å²) in [5.41, 5.74) is 6.44. The highest BCUT2D eigenvalue weighted by Crippen LogP contribution is 2.50. The number of nitrogens with zero attached hydrogens (tertiary/aromatic N) is 1. The molecule has 32 heavy (non-hydrogen) atoms. The Morgan fingerprint density at radius 2 is 1.88 bits per heavy atom. The Morgan fingerprint density at radius 3 is 2.72 bits per heavy atom. The molecule has 1 aromatic heterocycles. The third kappa shape index (κ3) is 3.23. The lowest BCUT2D eigenvalue weighted by Crippen LogP contribution is -2.53. The molecule has 1 saturated heterocycles. The molecule has 2 atom stereocenters. The fraction of sp³-hybridized carbons (Fsp3) is 0.286. The smallest absolute Gasteiger partial charge is 0.115 e. The number of aromatic hydroxyl groups is 1. The van der Waals surface area contributed by atoms with Crippen molar-refractivity contribution >= 4 is 22.5 Å². The molecule has 2 aliphatic rings. The van der Waals surface area contributed by atoms with Gasteiger partial charge in [0.2, 0.25) is 0 Å². The first-order chi connectivity index (χ1) is 15.6. The Bertz CT molecular complexity index is 1280. The monoisotopic (exact) mass is 442 g/mol. The number of hydrogen-bond acceptors (Lipinski definition) is 2. The van der Waals surface area contributed by atoms with Crippen LogP contribution in [0.2, 0.25) is 5.02 Å². The highest BCUT2D eigenvalue weighted by atomic mass is 35.5. The lowest BCUT2D eigenvalue weighted by atomic mass is 9.58. The van der Waals surface area contributed by atoms with Gasteiger partial charge in [-0.1, -0.05) is 66.2 Å². The molecule has 1 fully saturated rings. The molecular formula is C28H27ClN2O. The average molecular weight is 443 g/mol. The first-order valence-corrected chi connectivity index (χ1v) is 11.8. The van der Waals surface area contributed by atoms with Crippen LogP contribution in [-0.4, -0.2) is 28.1 Å². The summed E-state index contributed by atoms with van der Waals surface area (Å²) >= 11 is 6.54.